The van der Waals surface area contributed by atoms with Crippen LogP contribution in [0.1, 0.15) is 37.5 Å². The number of ether oxygens (including phenoxy) is 2. The zero-order valence-electron chi connectivity index (χ0n) is 23.0. The fourth-order valence-electron chi connectivity index (χ4n) is 4.59. The number of piperazine rings is 1. The Morgan fingerprint density at radius 2 is 1.88 bits per heavy atom. The number of alkyl halides is 3. The molecule has 1 fully saturated rings. The van der Waals surface area contributed by atoms with Crippen LogP contribution in [0.2, 0.25) is 0 Å². The molecule has 0 bridgehead atoms. The van der Waals surface area contributed by atoms with Crippen LogP contribution in [0.4, 0.5) is 18.0 Å². The molecule has 12 heteroatoms. The van der Waals surface area contributed by atoms with Crippen LogP contribution in [-0.4, -0.2) is 72.8 Å². The molecule has 2 aromatic rings. The molecule has 41 heavy (non-hydrogen) atoms. The minimum atomic E-state index is -4.72. The van der Waals surface area contributed by atoms with Gasteiger partial charge in [-0.05, 0) is 56.2 Å². The van der Waals surface area contributed by atoms with Gasteiger partial charge in [0.15, 0.2) is 5.75 Å². The molecule has 1 radical (unpaired) electrons. The number of benzene rings is 2. The van der Waals surface area contributed by atoms with E-state index >= 15 is 0 Å². The lowest BCUT2D eigenvalue weighted by molar-refractivity contribution is -0.215. The van der Waals surface area contributed by atoms with Gasteiger partial charge >= 0.3 is 18.2 Å². The van der Waals surface area contributed by atoms with Crippen molar-refractivity contribution >= 4 is 24.0 Å². The molecule has 1 atom stereocenters. The second-order valence-electron chi connectivity index (χ2n) is 10.5. The quantitative estimate of drug-likeness (QED) is 0.297. The lowest BCUT2D eigenvalue weighted by Gasteiger charge is -2.39. The third-order valence-electron chi connectivity index (χ3n) is 6.46. The molecule has 9 nitrogen and oxygen atoms in total. The number of esters is 1. The lowest BCUT2D eigenvalue weighted by Crippen LogP contribution is -2.59. The summed E-state index contributed by atoms with van der Waals surface area (Å²) in [4.78, 5) is 51.0. The number of methoxy groups -OCH3 is 1. The number of nitrogens with zero attached hydrogens (tertiary/aromatic N) is 2. The molecule has 1 saturated heterocycles. The van der Waals surface area contributed by atoms with E-state index in [1.165, 1.54) is 34.1 Å². The van der Waals surface area contributed by atoms with Gasteiger partial charge in [-0.15, -0.1) is 0 Å². The first-order valence-corrected chi connectivity index (χ1v) is 12.9. The predicted octanol–water partition coefficient (Wildman–Crippen LogP) is 4.67. The van der Waals surface area contributed by atoms with Crippen LogP contribution in [0.5, 0.6) is 5.75 Å². The SMILES string of the molecule is COC(=O)C1CN(C(=O)OC(C)(C)C)CCN1C(=O)/C=C/c1cc[c]c(C(F)(F)F)c1-c1ccc2c(c1)CCOO2. The highest BCUT2D eigenvalue weighted by Crippen LogP contribution is 2.41. The highest BCUT2D eigenvalue weighted by molar-refractivity contribution is 5.96. The topological polar surface area (TPSA) is 94.6 Å². The minimum Gasteiger partial charge on any atom is -0.467 e. The molecule has 2 aliphatic rings. The third kappa shape index (κ3) is 6.99. The Bertz CT molecular complexity index is 1350. The Balaban J connectivity index is 1.64. The van der Waals surface area contributed by atoms with E-state index in [2.05, 4.69) is 6.07 Å². The first kappa shape index (κ1) is 29.9. The number of rotatable bonds is 4. The van der Waals surface area contributed by atoms with Gasteiger partial charge in [-0.3, -0.25) is 4.79 Å². The molecular formula is C29H30F3N2O7. The van der Waals surface area contributed by atoms with Gasteiger partial charge in [-0.1, -0.05) is 18.2 Å². The Hall–Kier alpha value is -4.06. The summed E-state index contributed by atoms with van der Waals surface area (Å²) in [5.74, 6) is -0.956. The Morgan fingerprint density at radius 3 is 2.56 bits per heavy atom. The number of amides is 2. The van der Waals surface area contributed by atoms with Crippen molar-refractivity contribution in [3.8, 4) is 16.9 Å². The molecule has 0 aromatic heterocycles. The maximum Gasteiger partial charge on any atom is 0.417 e. The van der Waals surface area contributed by atoms with Crippen molar-refractivity contribution in [1.29, 1.82) is 0 Å². The third-order valence-corrected chi connectivity index (χ3v) is 6.46. The number of fused-ring (bicyclic) bond motifs is 1. The summed E-state index contributed by atoms with van der Waals surface area (Å²) in [7, 11) is 1.16. The van der Waals surface area contributed by atoms with Crippen molar-refractivity contribution in [1.82, 2.24) is 9.80 Å². The average molecular weight is 576 g/mol. The number of carbonyl (C=O) groups is 3. The number of hydrogen-bond acceptors (Lipinski definition) is 7. The zero-order chi connectivity index (χ0) is 29.9. The molecule has 0 spiro atoms. The van der Waals surface area contributed by atoms with E-state index in [0.29, 0.717) is 17.7 Å². The molecule has 4 rings (SSSR count). The van der Waals surface area contributed by atoms with Crippen molar-refractivity contribution in [2.45, 2.75) is 45.0 Å². The van der Waals surface area contributed by atoms with Gasteiger partial charge in [0.2, 0.25) is 5.91 Å². The summed E-state index contributed by atoms with van der Waals surface area (Å²) in [5.41, 5.74) is -0.827. The van der Waals surface area contributed by atoms with Crippen LogP contribution in [0.15, 0.2) is 36.4 Å². The van der Waals surface area contributed by atoms with E-state index in [4.69, 9.17) is 19.2 Å². The van der Waals surface area contributed by atoms with Crippen LogP contribution in [0.3, 0.4) is 0 Å². The molecule has 2 amide bonds. The van der Waals surface area contributed by atoms with Crippen molar-refractivity contribution in [3.63, 3.8) is 0 Å². The fraction of sp³-hybridized carbons (Fsp3) is 0.414. The lowest BCUT2D eigenvalue weighted by atomic mass is 9.92. The molecular weight excluding hydrogens is 545 g/mol. The van der Waals surface area contributed by atoms with E-state index in [1.807, 2.05) is 0 Å². The molecule has 0 N–H and O–H groups in total. The average Bonchev–Trinajstić information content (AvgIpc) is 2.93. The van der Waals surface area contributed by atoms with Crippen LogP contribution in [0.25, 0.3) is 17.2 Å². The van der Waals surface area contributed by atoms with Gasteiger partial charge < -0.3 is 24.2 Å². The zero-order valence-corrected chi connectivity index (χ0v) is 23.0. The van der Waals surface area contributed by atoms with E-state index in [9.17, 15) is 27.6 Å². The maximum atomic E-state index is 14.1. The summed E-state index contributed by atoms with van der Waals surface area (Å²) in [6.07, 6.45) is -2.52. The largest absolute Gasteiger partial charge is 0.467 e. The Kier molecular flexibility index (Phi) is 8.62. The van der Waals surface area contributed by atoms with Crippen molar-refractivity contribution in [2.75, 3.05) is 33.4 Å². The summed E-state index contributed by atoms with van der Waals surface area (Å²) >= 11 is 0. The summed E-state index contributed by atoms with van der Waals surface area (Å²) in [6, 6.07) is 8.33. The van der Waals surface area contributed by atoms with Crippen molar-refractivity contribution in [3.05, 3.63) is 59.2 Å². The molecule has 1 unspecified atom stereocenters. The van der Waals surface area contributed by atoms with E-state index < -0.39 is 41.4 Å². The number of halogens is 3. The van der Waals surface area contributed by atoms with Crippen LogP contribution in [0, 0.1) is 6.07 Å². The van der Waals surface area contributed by atoms with Gasteiger partial charge in [0, 0.05) is 36.7 Å². The molecule has 0 saturated carbocycles. The Morgan fingerprint density at radius 1 is 1.12 bits per heavy atom. The molecule has 0 aliphatic carbocycles. The van der Waals surface area contributed by atoms with Gasteiger partial charge in [0.05, 0.1) is 25.8 Å². The van der Waals surface area contributed by atoms with Gasteiger partial charge in [-0.2, -0.15) is 18.1 Å². The van der Waals surface area contributed by atoms with Crippen LogP contribution in [-0.2, 0) is 36.5 Å². The van der Waals surface area contributed by atoms with Gasteiger partial charge in [-0.25, -0.2) is 9.59 Å². The van der Waals surface area contributed by atoms with E-state index in [-0.39, 0.29) is 42.9 Å². The first-order chi connectivity index (χ1) is 19.3. The molecule has 2 heterocycles. The second kappa shape index (κ2) is 11.8. The summed E-state index contributed by atoms with van der Waals surface area (Å²) in [5, 5.41) is 0. The molecule has 219 valence electrons. The van der Waals surface area contributed by atoms with Gasteiger partial charge in [0.25, 0.3) is 0 Å². The normalized spacial score (nSPS) is 17.6. The summed E-state index contributed by atoms with van der Waals surface area (Å²) < 4.78 is 52.4. The minimum absolute atomic E-state index is 0.0156. The van der Waals surface area contributed by atoms with E-state index in [1.54, 1.807) is 26.8 Å². The highest BCUT2D eigenvalue weighted by Gasteiger charge is 2.39. The first-order valence-electron chi connectivity index (χ1n) is 12.9. The standard InChI is InChI=1S/C29H30F3N2O7/c1-28(2,3)40-27(37)33-13-14-34(22(17-33)26(36)38-4)24(35)11-9-18-6-5-7-21(29(30,31)32)25(18)20-8-10-23-19(16-20)12-15-39-41-23/h5-6,8-11,16,22H,12-15,17H2,1-4H3/b11-9+. The van der Waals surface area contributed by atoms with Gasteiger partial charge in [0.1, 0.15) is 11.6 Å². The number of hydrogen-bond donors (Lipinski definition) is 0. The van der Waals surface area contributed by atoms with Crippen molar-refractivity contribution < 1.29 is 46.8 Å². The summed E-state index contributed by atoms with van der Waals surface area (Å²) in [6.45, 7) is 5.29. The maximum absolute atomic E-state index is 14.1. The highest BCUT2D eigenvalue weighted by atomic mass is 19.4. The fourth-order valence-corrected chi connectivity index (χ4v) is 4.59. The monoisotopic (exact) mass is 575 g/mol. The molecule has 2 aliphatic heterocycles. The van der Waals surface area contributed by atoms with Crippen LogP contribution >= 0.6 is 0 Å². The second-order valence-corrected chi connectivity index (χ2v) is 10.5. The predicted molar refractivity (Wildman–Crippen MR) is 140 cm³/mol. The molecule has 2 aromatic carbocycles. The van der Waals surface area contributed by atoms with Crippen LogP contribution < -0.4 is 4.89 Å². The van der Waals surface area contributed by atoms with Crippen molar-refractivity contribution in [2.24, 2.45) is 0 Å². The van der Waals surface area contributed by atoms with E-state index in [0.717, 1.165) is 19.3 Å². The number of carbonyl (C=O) groups excluding carboxylic acids is 3. The Labute approximate surface area is 235 Å². The smallest absolute Gasteiger partial charge is 0.417 e.